The van der Waals surface area contributed by atoms with Crippen LogP contribution < -0.4 is 10.6 Å². The van der Waals surface area contributed by atoms with E-state index in [1.54, 1.807) is 72.8 Å². The quantitative estimate of drug-likeness (QED) is 0.0232. The molecule has 14 nitrogen and oxygen atoms in total. The highest BCUT2D eigenvalue weighted by Crippen LogP contribution is 2.48. The van der Waals surface area contributed by atoms with Crippen molar-refractivity contribution >= 4 is 46.3 Å². The van der Waals surface area contributed by atoms with Gasteiger partial charge in [-0.05, 0) is 165 Å². The second kappa shape index (κ2) is 28.6. The Hall–Kier alpha value is -7.50. The van der Waals surface area contributed by atoms with Gasteiger partial charge >= 0.3 is 11.9 Å². The first kappa shape index (κ1) is 61.7. The number of aliphatic hydroxyl groups is 4. The van der Waals surface area contributed by atoms with Gasteiger partial charge in [0.05, 0.1) is 59.8 Å². The van der Waals surface area contributed by atoms with Gasteiger partial charge in [-0.25, -0.2) is 8.78 Å². The second-order valence-electron chi connectivity index (χ2n) is 21.0. The minimum absolute atomic E-state index is 0.0542. The van der Waals surface area contributed by atoms with Crippen LogP contribution in [0.25, 0.3) is 33.7 Å². The van der Waals surface area contributed by atoms with Gasteiger partial charge in [-0.2, -0.15) is 0 Å². The Bertz CT molecular complexity index is 3130. The summed E-state index contributed by atoms with van der Waals surface area (Å²) in [7, 11) is 0. The molecular formula is C64H76F2N4O10. The van der Waals surface area contributed by atoms with Crippen molar-refractivity contribution in [2.45, 2.75) is 149 Å². The number of rotatable bonds is 28. The van der Waals surface area contributed by atoms with Crippen molar-refractivity contribution in [2.75, 3.05) is 10.6 Å². The number of hydrogen-bond donors (Lipinski definition) is 8. The van der Waals surface area contributed by atoms with Gasteiger partial charge in [0.2, 0.25) is 0 Å². The van der Waals surface area contributed by atoms with E-state index in [9.17, 15) is 49.0 Å². The Morgan fingerprint density at radius 3 is 1.26 bits per heavy atom. The summed E-state index contributed by atoms with van der Waals surface area (Å²) in [5.74, 6) is -5.31. The van der Waals surface area contributed by atoms with E-state index in [0.29, 0.717) is 74.0 Å². The summed E-state index contributed by atoms with van der Waals surface area (Å²) in [4.78, 5) is 53.6. The molecule has 80 heavy (non-hydrogen) atoms. The molecule has 6 aromatic rings. The Balaban J connectivity index is 1.63. The van der Waals surface area contributed by atoms with Gasteiger partial charge in [0, 0.05) is 47.0 Å². The predicted octanol–water partition coefficient (Wildman–Crippen LogP) is 12.5. The van der Waals surface area contributed by atoms with Gasteiger partial charge in [-0.3, -0.25) is 19.2 Å². The van der Waals surface area contributed by atoms with Crippen molar-refractivity contribution in [3.05, 3.63) is 167 Å². The number of anilines is 2. The van der Waals surface area contributed by atoms with Crippen LogP contribution >= 0.6 is 0 Å². The first-order chi connectivity index (χ1) is 38.2. The largest absolute Gasteiger partial charge is 0.481 e. The summed E-state index contributed by atoms with van der Waals surface area (Å²) in [5.41, 5.74) is 7.79. The topological polar surface area (TPSA) is 224 Å². The summed E-state index contributed by atoms with van der Waals surface area (Å²) in [6.45, 7) is 13.8. The number of hydrogen-bond acceptors (Lipinski definition) is 8. The van der Waals surface area contributed by atoms with Crippen LogP contribution in [0.2, 0.25) is 0 Å². The van der Waals surface area contributed by atoms with Gasteiger partial charge in [-0.15, -0.1) is 0 Å². The first-order valence-electron chi connectivity index (χ1n) is 27.4. The molecule has 8 N–H and O–H groups in total. The first-order valence-corrected chi connectivity index (χ1v) is 27.4. The maximum atomic E-state index is 15.4. The van der Waals surface area contributed by atoms with Crippen molar-refractivity contribution in [3.63, 3.8) is 0 Å². The molecule has 426 valence electrons. The van der Waals surface area contributed by atoms with E-state index in [1.165, 1.54) is 24.3 Å². The molecule has 2 aromatic heterocycles. The average molecular weight is 1100 g/mol. The highest BCUT2D eigenvalue weighted by molar-refractivity contribution is 6.12. The molecule has 16 heteroatoms. The average Bonchev–Trinajstić information content (AvgIpc) is 4.10. The molecule has 0 aliphatic rings. The molecule has 1 unspecified atom stereocenters. The third-order valence-corrected chi connectivity index (χ3v) is 14.4. The van der Waals surface area contributed by atoms with Crippen LogP contribution in [0, 0.1) is 17.6 Å². The number of benzene rings is 4. The van der Waals surface area contributed by atoms with E-state index >= 15 is 9.59 Å². The van der Waals surface area contributed by atoms with E-state index in [-0.39, 0.29) is 57.0 Å². The number of nitrogens with zero attached hydrogens (tertiary/aromatic N) is 2. The predicted molar refractivity (Wildman–Crippen MR) is 309 cm³/mol. The van der Waals surface area contributed by atoms with Crippen LogP contribution in [0.5, 0.6) is 0 Å². The fourth-order valence-corrected chi connectivity index (χ4v) is 10.9. The van der Waals surface area contributed by atoms with E-state index < -0.39 is 78.6 Å². The summed E-state index contributed by atoms with van der Waals surface area (Å²) in [5, 5.41) is 68.7. The monoisotopic (exact) mass is 1100 g/mol. The lowest BCUT2D eigenvalue weighted by Crippen LogP contribution is -2.22. The molecule has 0 saturated heterocycles. The van der Waals surface area contributed by atoms with E-state index in [1.807, 2.05) is 81.9 Å². The lowest BCUT2D eigenvalue weighted by Gasteiger charge is -2.24. The minimum atomic E-state index is -1.31. The van der Waals surface area contributed by atoms with Crippen LogP contribution in [0.4, 0.5) is 20.2 Å². The number of nitrogens with one attached hydrogen (secondary N) is 2. The number of amides is 2. The summed E-state index contributed by atoms with van der Waals surface area (Å²) >= 11 is 0. The molecule has 6 rings (SSSR count). The normalized spacial score (nSPS) is 14.0. The minimum Gasteiger partial charge on any atom is -0.481 e. The number of aromatic nitrogens is 2. The summed E-state index contributed by atoms with van der Waals surface area (Å²) < 4.78 is 33.9. The second-order valence-corrected chi connectivity index (χ2v) is 21.0. The zero-order valence-corrected chi connectivity index (χ0v) is 46.6. The number of carboxylic acids is 2. The number of para-hydroxylation sites is 2. The molecular weight excluding hydrogens is 1020 g/mol. The maximum absolute atomic E-state index is 15.4. The summed E-state index contributed by atoms with van der Waals surface area (Å²) in [6, 6.07) is 29.9. The number of carbonyl (C=O) groups is 4. The third kappa shape index (κ3) is 15.4. The van der Waals surface area contributed by atoms with E-state index in [0.717, 1.165) is 11.1 Å². The van der Waals surface area contributed by atoms with E-state index in [4.69, 9.17) is 0 Å². The Morgan fingerprint density at radius 2 is 0.912 bits per heavy atom. The molecule has 0 fully saturated rings. The van der Waals surface area contributed by atoms with Gasteiger partial charge in [-0.1, -0.05) is 83.2 Å². The lowest BCUT2D eigenvalue weighted by atomic mass is 9.80. The number of halogens is 2. The Labute approximate surface area is 467 Å². The van der Waals surface area contributed by atoms with E-state index in [2.05, 4.69) is 10.6 Å². The SMILES string of the molecule is CC=C(CC(CC)C(=CC)c1c(C(=O)Nc2ccccc2)c(C(C)C)n(CC[C@@H](O)C[C@@H](O)CC(=O)O)c1-c1ccc(F)cc1)c1c(C(=O)Nc2ccccc2)c(C(C)C)n(CC[C@@H](O)C[C@@H](O)CC(=O)O)c1-c1ccc(F)cc1. The van der Waals surface area contributed by atoms with Crippen LogP contribution in [0.15, 0.2) is 121 Å². The highest BCUT2D eigenvalue weighted by Gasteiger charge is 2.36. The molecule has 2 amide bonds. The highest BCUT2D eigenvalue weighted by atomic mass is 19.1. The molecule has 4 aromatic carbocycles. The van der Waals surface area contributed by atoms with Crippen LogP contribution in [0.3, 0.4) is 0 Å². The maximum Gasteiger partial charge on any atom is 0.305 e. The number of carbonyl (C=O) groups excluding carboxylic acids is 2. The lowest BCUT2D eigenvalue weighted by molar-refractivity contribution is -0.140. The van der Waals surface area contributed by atoms with Gasteiger partial charge in [0.25, 0.3) is 11.8 Å². The molecule has 0 saturated carbocycles. The molecule has 0 radical (unpaired) electrons. The molecule has 5 atom stereocenters. The number of allylic oxidation sites excluding steroid dienone is 4. The van der Waals surface area contributed by atoms with Gasteiger partial charge in [0.1, 0.15) is 11.6 Å². The zero-order valence-electron chi connectivity index (χ0n) is 46.6. The standard InChI is InChI=1S/C64H76F2N4O10/c1-8-40(52(10-3)56-58(64(80)68-47-19-15-12-16-20-47)60(39(6)7)70(62(56)43-23-27-45(66)28-24-43)32-30-49(72)35-51(74)37-54(77)78)33-41(9-2)55-57(63(79)67-46-17-13-11-14-18-46)59(38(4)5)69(61(55)42-21-25-44(65)26-22-42)31-29-48(71)34-50(73)36-53(75)76/h9-28,38-40,48-51,71-74H,8,29-37H2,1-7H3,(H,67,79)(H,68,80)(H,75,76)(H,77,78)/t40?,48-,49-,50-,51-/m1/s1. The van der Waals surface area contributed by atoms with Crippen LogP contribution in [-0.2, 0) is 22.7 Å². The zero-order chi connectivity index (χ0) is 58.4. The van der Waals surface area contributed by atoms with Crippen molar-refractivity contribution < 1.29 is 58.6 Å². The van der Waals surface area contributed by atoms with Crippen molar-refractivity contribution in [1.29, 1.82) is 0 Å². The number of aliphatic hydroxyl groups excluding tert-OH is 4. The van der Waals surface area contributed by atoms with Crippen molar-refractivity contribution in [1.82, 2.24) is 9.13 Å². The van der Waals surface area contributed by atoms with Crippen LogP contribution in [0.1, 0.15) is 155 Å². The Morgan fingerprint density at radius 1 is 0.525 bits per heavy atom. The number of carboxylic acid groups (broad SMARTS) is 2. The Kier molecular flexibility index (Phi) is 22.0. The third-order valence-electron chi connectivity index (χ3n) is 14.4. The van der Waals surface area contributed by atoms with Crippen LogP contribution in [-0.4, -0.2) is 87.9 Å². The molecule has 2 heterocycles. The molecule has 0 aliphatic heterocycles. The van der Waals surface area contributed by atoms with Crippen molar-refractivity contribution in [2.24, 2.45) is 5.92 Å². The summed E-state index contributed by atoms with van der Waals surface area (Å²) in [6.07, 6.45) is -1.66. The molecule has 0 bridgehead atoms. The van der Waals surface area contributed by atoms with Crippen molar-refractivity contribution in [3.8, 4) is 22.5 Å². The fraction of sp³-hybridized carbons (Fsp3) is 0.375. The molecule has 0 aliphatic carbocycles. The van der Waals surface area contributed by atoms with Gasteiger partial charge < -0.3 is 50.4 Å². The van der Waals surface area contributed by atoms with Gasteiger partial charge in [0.15, 0.2) is 0 Å². The number of aliphatic carboxylic acids is 2. The molecule has 0 spiro atoms. The fourth-order valence-electron chi connectivity index (χ4n) is 10.9. The smallest absolute Gasteiger partial charge is 0.305 e.